The first-order chi connectivity index (χ1) is 13.8. The number of nitrogens with one attached hydrogen (secondary N) is 2. The molecule has 3 aromatic carbocycles. The summed E-state index contributed by atoms with van der Waals surface area (Å²) in [6.45, 7) is 4.03. The third-order valence-corrected chi connectivity index (χ3v) is 5.69. The number of methoxy groups -OCH3 is 1. The summed E-state index contributed by atoms with van der Waals surface area (Å²) in [4.78, 5) is 2.95. The van der Waals surface area contributed by atoms with E-state index in [1.807, 2.05) is 18.2 Å². The predicted molar refractivity (Wildman–Crippen MR) is 109 cm³/mol. The average molecular weight is 377 g/mol. The number of para-hydroxylation sites is 1. The SMILES string of the molecule is COc1cccc(C2[NH+](Cc3ccccc3)CC[NH+]2Cc2ccccc2)c1O. The summed E-state index contributed by atoms with van der Waals surface area (Å²) in [6.07, 6.45) is 0.163. The molecule has 3 aromatic rings. The molecule has 0 aromatic heterocycles. The van der Waals surface area contributed by atoms with Gasteiger partial charge in [-0.3, -0.25) is 9.80 Å². The van der Waals surface area contributed by atoms with Crippen LogP contribution >= 0.6 is 0 Å². The van der Waals surface area contributed by atoms with Gasteiger partial charge in [0.1, 0.15) is 31.7 Å². The fourth-order valence-electron chi connectivity index (χ4n) is 4.37. The maximum Gasteiger partial charge on any atom is 0.244 e. The third kappa shape index (κ3) is 3.88. The monoisotopic (exact) mass is 376 g/mol. The summed E-state index contributed by atoms with van der Waals surface area (Å²) in [5.41, 5.74) is 3.62. The number of hydrogen-bond donors (Lipinski definition) is 3. The van der Waals surface area contributed by atoms with E-state index in [9.17, 15) is 5.11 Å². The fourth-order valence-corrected chi connectivity index (χ4v) is 4.37. The lowest BCUT2D eigenvalue weighted by Gasteiger charge is -2.25. The Morgan fingerprint density at radius 2 is 1.32 bits per heavy atom. The average Bonchev–Trinajstić information content (AvgIpc) is 3.11. The Balaban J connectivity index is 1.67. The number of phenols is 1. The zero-order chi connectivity index (χ0) is 19.3. The fraction of sp³-hybridized carbons (Fsp3) is 0.250. The molecule has 0 radical (unpaired) electrons. The summed E-state index contributed by atoms with van der Waals surface area (Å²) in [7, 11) is 1.61. The molecule has 28 heavy (non-hydrogen) atoms. The molecule has 4 rings (SSSR count). The zero-order valence-electron chi connectivity index (χ0n) is 16.3. The van der Waals surface area contributed by atoms with Crippen LogP contribution in [0.25, 0.3) is 0 Å². The highest BCUT2D eigenvalue weighted by molar-refractivity contribution is 5.45. The second-order valence-corrected chi connectivity index (χ2v) is 7.47. The molecule has 0 bridgehead atoms. The number of quaternary nitrogens is 2. The second kappa shape index (κ2) is 8.46. The molecular formula is C24H28N2O2+2. The molecule has 1 saturated heterocycles. The maximum atomic E-state index is 10.9. The van der Waals surface area contributed by atoms with Gasteiger partial charge in [0, 0.05) is 11.1 Å². The Kier molecular flexibility index (Phi) is 5.60. The first-order valence-corrected chi connectivity index (χ1v) is 9.89. The minimum Gasteiger partial charge on any atom is -0.504 e. The molecule has 2 atom stereocenters. The maximum absolute atomic E-state index is 10.9. The molecule has 144 valence electrons. The van der Waals surface area contributed by atoms with Crippen molar-refractivity contribution in [2.45, 2.75) is 19.3 Å². The van der Waals surface area contributed by atoms with Crippen LogP contribution in [0, 0.1) is 0 Å². The topological polar surface area (TPSA) is 38.3 Å². The van der Waals surface area contributed by atoms with E-state index in [0.29, 0.717) is 5.75 Å². The van der Waals surface area contributed by atoms with Gasteiger partial charge in [0.15, 0.2) is 11.5 Å². The van der Waals surface area contributed by atoms with Gasteiger partial charge in [0.05, 0.1) is 7.11 Å². The summed E-state index contributed by atoms with van der Waals surface area (Å²) >= 11 is 0. The van der Waals surface area contributed by atoms with Crippen LogP contribution in [0.4, 0.5) is 0 Å². The molecule has 0 spiro atoms. The first-order valence-electron chi connectivity index (χ1n) is 9.89. The molecule has 0 saturated carbocycles. The highest BCUT2D eigenvalue weighted by atomic mass is 16.5. The molecule has 1 heterocycles. The normalized spacial score (nSPS) is 21.5. The van der Waals surface area contributed by atoms with Crippen molar-refractivity contribution in [2.75, 3.05) is 20.2 Å². The third-order valence-electron chi connectivity index (χ3n) is 5.69. The van der Waals surface area contributed by atoms with Crippen molar-refractivity contribution in [3.8, 4) is 11.5 Å². The minimum absolute atomic E-state index is 0.163. The molecule has 2 unspecified atom stereocenters. The van der Waals surface area contributed by atoms with E-state index in [1.54, 1.807) is 7.11 Å². The second-order valence-electron chi connectivity index (χ2n) is 7.47. The molecule has 0 aliphatic carbocycles. The Hall–Kier alpha value is -2.82. The Morgan fingerprint density at radius 1 is 0.786 bits per heavy atom. The number of rotatable bonds is 6. The van der Waals surface area contributed by atoms with Crippen molar-refractivity contribution in [3.05, 3.63) is 95.6 Å². The Bertz CT molecular complexity index is 849. The number of aromatic hydroxyl groups is 1. The molecule has 1 fully saturated rings. The van der Waals surface area contributed by atoms with Crippen LogP contribution in [0.1, 0.15) is 22.9 Å². The molecule has 4 heteroatoms. The van der Waals surface area contributed by atoms with Crippen molar-refractivity contribution in [2.24, 2.45) is 0 Å². The lowest BCUT2D eigenvalue weighted by Crippen LogP contribution is -3.22. The van der Waals surface area contributed by atoms with Crippen LogP contribution in [-0.4, -0.2) is 25.3 Å². The van der Waals surface area contributed by atoms with Crippen molar-refractivity contribution < 1.29 is 19.6 Å². The van der Waals surface area contributed by atoms with E-state index < -0.39 is 0 Å². The van der Waals surface area contributed by atoms with Crippen molar-refractivity contribution >= 4 is 0 Å². The van der Waals surface area contributed by atoms with E-state index in [0.717, 1.165) is 31.7 Å². The molecule has 0 amide bonds. The highest BCUT2D eigenvalue weighted by Crippen LogP contribution is 2.31. The van der Waals surface area contributed by atoms with Gasteiger partial charge in [-0.15, -0.1) is 0 Å². The number of ether oxygens (including phenoxy) is 1. The quantitative estimate of drug-likeness (QED) is 0.611. The van der Waals surface area contributed by atoms with Crippen LogP contribution in [0.5, 0.6) is 11.5 Å². The lowest BCUT2D eigenvalue weighted by molar-refractivity contribution is -1.09. The van der Waals surface area contributed by atoms with Crippen molar-refractivity contribution in [1.82, 2.24) is 0 Å². The van der Waals surface area contributed by atoms with Crippen LogP contribution < -0.4 is 14.5 Å². The van der Waals surface area contributed by atoms with E-state index in [-0.39, 0.29) is 11.9 Å². The van der Waals surface area contributed by atoms with Gasteiger partial charge in [-0.2, -0.15) is 0 Å². The Morgan fingerprint density at radius 3 is 1.82 bits per heavy atom. The molecular weight excluding hydrogens is 348 g/mol. The van der Waals surface area contributed by atoms with Crippen LogP contribution in [-0.2, 0) is 13.1 Å². The van der Waals surface area contributed by atoms with Crippen LogP contribution in [0.3, 0.4) is 0 Å². The number of benzene rings is 3. The minimum atomic E-state index is 0.163. The van der Waals surface area contributed by atoms with E-state index in [1.165, 1.54) is 20.9 Å². The molecule has 3 N–H and O–H groups in total. The number of phenolic OH excluding ortho intramolecular Hbond substituents is 1. The summed E-state index contributed by atoms with van der Waals surface area (Å²) in [5, 5.41) is 10.9. The molecule has 1 aliphatic heterocycles. The van der Waals surface area contributed by atoms with E-state index in [4.69, 9.17) is 4.74 Å². The molecule has 4 nitrogen and oxygen atoms in total. The largest absolute Gasteiger partial charge is 0.504 e. The molecule has 1 aliphatic rings. The summed E-state index contributed by atoms with van der Waals surface area (Å²) in [6, 6.07) is 27.1. The lowest BCUT2D eigenvalue weighted by atomic mass is 10.1. The van der Waals surface area contributed by atoms with Gasteiger partial charge in [0.2, 0.25) is 6.17 Å². The van der Waals surface area contributed by atoms with Gasteiger partial charge < -0.3 is 9.84 Å². The highest BCUT2D eigenvalue weighted by Gasteiger charge is 2.42. The van der Waals surface area contributed by atoms with Crippen molar-refractivity contribution in [1.29, 1.82) is 0 Å². The van der Waals surface area contributed by atoms with Crippen LogP contribution in [0.2, 0.25) is 0 Å². The smallest absolute Gasteiger partial charge is 0.244 e. The van der Waals surface area contributed by atoms with Gasteiger partial charge in [-0.1, -0.05) is 66.7 Å². The van der Waals surface area contributed by atoms with E-state index in [2.05, 4.69) is 60.7 Å². The summed E-state index contributed by atoms with van der Waals surface area (Å²) < 4.78 is 5.38. The van der Waals surface area contributed by atoms with Gasteiger partial charge in [-0.25, -0.2) is 0 Å². The summed E-state index contributed by atoms with van der Waals surface area (Å²) in [5.74, 6) is 0.815. The zero-order valence-corrected chi connectivity index (χ0v) is 16.3. The number of hydrogen-bond acceptors (Lipinski definition) is 2. The Labute approximate surface area is 166 Å². The first kappa shape index (κ1) is 18.5. The van der Waals surface area contributed by atoms with E-state index >= 15 is 0 Å². The van der Waals surface area contributed by atoms with Gasteiger partial charge >= 0.3 is 0 Å². The standard InChI is InChI=1S/C24H26N2O2/c1-28-22-14-8-13-21(23(22)27)24-25(17-19-9-4-2-5-10-19)15-16-26(24)18-20-11-6-3-7-12-20/h2-14,24,27H,15-18H2,1H3/p+2. The van der Waals surface area contributed by atoms with Gasteiger partial charge in [-0.05, 0) is 12.1 Å². The van der Waals surface area contributed by atoms with Crippen molar-refractivity contribution in [3.63, 3.8) is 0 Å². The predicted octanol–water partition coefficient (Wildman–Crippen LogP) is 1.58. The van der Waals surface area contributed by atoms with Gasteiger partial charge in [0.25, 0.3) is 0 Å². The van der Waals surface area contributed by atoms with Crippen LogP contribution in [0.15, 0.2) is 78.9 Å².